The zero-order valence-electron chi connectivity index (χ0n) is 10.2. The van der Waals surface area contributed by atoms with E-state index in [1.54, 1.807) is 42.9 Å². The van der Waals surface area contributed by atoms with Gasteiger partial charge < -0.3 is 4.98 Å². The van der Waals surface area contributed by atoms with Crippen molar-refractivity contribution < 1.29 is 0 Å². The fourth-order valence-corrected chi connectivity index (χ4v) is 2.00. The van der Waals surface area contributed by atoms with E-state index in [0.29, 0.717) is 16.7 Å². The molecule has 0 spiro atoms. The number of H-pyrrole nitrogens is 1. The van der Waals surface area contributed by atoms with Crippen molar-refractivity contribution in [2.24, 2.45) is 0 Å². The van der Waals surface area contributed by atoms with Crippen LogP contribution in [0.2, 0.25) is 5.15 Å². The summed E-state index contributed by atoms with van der Waals surface area (Å²) < 4.78 is 0. The molecular formula is C14H9ClN4O. The fourth-order valence-electron chi connectivity index (χ4n) is 1.83. The van der Waals surface area contributed by atoms with Gasteiger partial charge in [0.15, 0.2) is 0 Å². The normalized spacial score (nSPS) is 10.4. The minimum absolute atomic E-state index is 0.321. The largest absolute Gasteiger partial charge is 0.339 e. The first-order chi connectivity index (χ1) is 9.72. The molecule has 3 aromatic heterocycles. The molecule has 0 fully saturated rings. The molecule has 0 aliphatic rings. The maximum atomic E-state index is 11.7. The SMILES string of the molecule is O=c1cc(-c2ccnc(Cl)c2)[nH]c(-c2ccncc2)n1. The molecular weight excluding hydrogens is 276 g/mol. The summed E-state index contributed by atoms with van der Waals surface area (Å²) in [6, 6.07) is 8.44. The Hall–Kier alpha value is -2.53. The lowest BCUT2D eigenvalue weighted by Gasteiger charge is -2.05. The molecule has 3 aromatic rings. The summed E-state index contributed by atoms with van der Waals surface area (Å²) in [6.07, 6.45) is 4.87. The number of rotatable bonds is 2. The Morgan fingerprint density at radius 1 is 1.00 bits per heavy atom. The summed E-state index contributed by atoms with van der Waals surface area (Å²) in [4.78, 5) is 26.7. The van der Waals surface area contributed by atoms with E-state index < -0.39 is 0 Å². The van der Waals surface area contributed by atoms with Gasteiger partial charge in [0, 0.05) is 35.8 Å². The molecule has 0 atom stereocenters. The Balaban J connectivity index is 2.15. The van der Waals surface area contributed by atoms with Crippen LogP contribution in [0.25, 0.3) is 22.6 Å². The zero-order valence-corrected chi connectivity index (χ0v) is 11.0. The second-order valence-corrected chi connectivity index (χ2v) is 4.47. The molecule has 3 rings (SSSR count). The van der Waals surface area contributed by atoms with Crippen LogP contribution in [0.5, 0.6) is 0 Å². The number of aromatic nitrogens is 4. The molecule has 98 valence electrons. The van der Waals surface area contributed by atoms with E-state index in [-0.39, 0.29) is 5.56 Å². The van der Waals surface area contributed by atoms with Crippen molar-refractivity contribution in [1.29, 1.82) is 0 Å². The summed E-state index contributed by atoms with van der Waals surface area (Å²) >= 11 is 5.86. The predicted octanol–water partition coefficient (Wildman–Crippen LogP) is 2.55. The molecule has 1 N–H and O–H groups in total. The van der Waals surface area contributed by atoms with E-state index in [9.17, 15) is 4.79 Å². The molecule has 3 heterocycles. The van der Waals surface area contributed by atoms with Crippen LogP contribution in [-0.4, -0.2) is 19.9 Å². The van der Waals surface area contributed by atoms with Gasteiger partial charge in [-0.1, -0.05) is 11.6 Å². The highest BCUT2D eigenvalue weighted by molar-refractivity contribution is 6.29. The highest BCUT2D eigenvalue weighted by Crippen LogP contribution is 2.20. The van der Waals surface area contributed by atoms with Crippen LogP contribution in [-0.2, 0) is 0 Å². The Morgan fingerprint density at radius 3 is 2.50 bits per heavy atom. The van der Waals surface area contributed by atoms with Crippen molar-refractivity contribution in [3.05, 3.63) is 64.4 Å². The Labute approximate surface area is 119 Å². The molecule has 0 radical (unpaired) electrons. The van der Waals surface area contributed by atoms with Crippen molar-refractivity contribution >= 4 is 11.6 Å². The van der Waals surface area contributed by atoms with E-state index in [2.05, 4.69) is 19.9 Å². The number of hydrogen-bond donors (Lipinski definition) is 1. The van der Waals surface area contributed by atoms with E-state index in [0.717, 1.165) is 11.1 Å². The summed E-state index contributed by atoms with van der Waals surface area (Å²) in [6.45, 7) is 0. The van der Waals surface area contributed by atoms with Crippen molar-refractivity contribution in [1.82, 2.24) is 19.9 Å². The van der Waals surface area contributed by atoms with Crippen LogP contribution >= 0.6 is 11.6 Å². The van der Waals surface area contributed by atoms with Crippen LogP contribution in [0.3, 0.4) is 0 Å². The molecule has 6 heteroatoms. The van der Waals surface area contributed by atoms with Gasteiger partial charge in [0.2, 0.25) is 0 Å². The van der Waals surface area contributed by atoms with Gasteiger partial charge in [-0.2, -0.15) is 4.98 Å². The zero-order chi connectivity index (χ0) is 13.9. The van der Waals surface area contributed by atoms with Crippen molar-refractivity contribution in [3.8, 4) is 22.6 Å². The molecule has 5 nitrogen and oxygen atoms in total. The first-order valence-electron chi connectivity index (χ1n) is 5.86. The highest BCUT2D eigenvalue weighted by atomic mass is 35.5. The van der Waals surface area contributed by atoms with E-state index >= 15 is 0 Å². The number of pyridine rings is 2. The van der Waals surface area contributed by atoms with Crippen LogP contribution in [0.15, 0.2) is 53.7 Å². The molecule has 0 amide bonds. The van der Waals surface area contributed by atoms with Gasteiger partial charge >= 0.3 is 0 Å². The average Bonchev–Trinajstić information content (AvgIpc) is 2.47. The fraction of sp³-hybridized carbons (Fsp3) is 0. The lowest BCUT2D eigenvalue weighted by atomic mass is 10.2. The summed E-state index contributed by atoms with van der Waals surface area (Å²) in [5.41, 5.74) is 1.89. The number of hydrogen-bond acceptors (Lipinski definition) is 4. The molecule has 0 aromatic carbocycles. The highest BCUT2D eigenvalue weighted by Gasteiger charge is 2.06. The minimum Gasteiger partial charge on any atom is -0.339 e. The van der Waals surface area contributed by atoms with Gasteiger partial charge in [-0.15, -0.1) is 0 Å². The quantitative estimate of drug-likeness (QED) is 0.734. The van der Waals surface area contributed by atoms with Gasteiger partial charge in [-0.25, -0.2) is 4.98 Å². The van der Waals surface area contributed by atoms with E-state index in [4.69, 9.17) is 11.6 Å². The molecule has 0 unspecified atom stereocenters. The lowest BCUT2D eigenvalue weighted by molar-refractivity contribution is 1.13. The third kappa shape index (κ3) is 2.57. The number of nitrogens with zero attached hydrogens (tertiary/aromatic N) is 3. The molecule has 0 bridgehead atoms. The summed E-state index contributed by atoms with van der Waals surface area (Å²) in [7, 11) is 0. The van der Waals surface area contributed by atoms with Gasteiger partial charge in [0.25, 0.3) is 5.56 Å². The summed E-state index contributed by atoms with van der Waals surface area (Å²) in [5.74, 6) is 0.489. The number of aromatic amines is 1. The molecule has 0 aliphatic carbocycles. The monoisotopic (exact) mass is 284 g/mol. The Bertz CT molecular complexity index is 802. The van der Waals surface area contributed by atoms with Crippen molar-refractivity contribution in [2.75, 3.05) is 0 Å². The number of nitrogens with one attached hydrogen (secondary N) is 1. The van der Waals surface area contributed by atoms with Crippen LogP contribution in [0, 0.1) is 0 Å². The predicted molar refractivity (Wildman–Crippen MR) is 76.3 cm³/mol. The Kier molecular flexibility index (Phi) is 3.26. The van der Waals surface area contributed by atoms with Crippen molar-refractivity contribution in [2.45, 2.75) is 0 Å². The molecule has 0 aliphatic heterocycles. The van der Waals surface area contributed by atoms with Gasteiger partial charge in [0.05, 0.1) is 5.69 Å². The second-order valence-electron chi connectivity index (χ2n) is 4.08. The first-order valence-corrected chi connectivity index (χ1v) is 6.24. The summed E-state index contributed by atoms with van der Waals surface area (Å²) in [5, 5.41) is 0.366. The third-order valence-electron chi connectivity index (χ3n) is 2.73. The maximum absolute atomic E-state index is 11.7. The van der Waals surface area contributed by atoms with Crippen LogP contribution in [0.4, 0.5) is 0 Å². The third-order valence-corrected chi connectivity index (χ3v) is 2.94. The lowest BCUT2D eigenvalue weighted by Crippen LogP contribution is -2.08. The molecule has 20 heavy (non-hydrogen) atoms. The van der Waals surface area contributed by atoms with E-state index in [1.165, 1.54) is 6.07 Å². The molecule has 0 saturated heterocycles. The van der Waals surface area contributed by atoms with Crippen LogP contribution < -0.4 is 5.56 Å². The Morgan fingerprint density at radius 2 is 1.75 bits per heavy atom. The maximum Gasteiger partial charge on any atom is 0.273 e. The number of halogens is 1. The standard InChI is InChI=1S/C14H9ClN4O/c15-12-7-10(3-6-17-12)11-8-13(20)19-14(18-11)9-1-4-16-5-2-9/h1-8H,(H,18,19,20). The van der Waals surface area contributed by atoms with Crippen molar-refractivity contribution in [3.63, 3.8) is 0 Å². The first kappa shape index (κ1) is 12.5. The van der Waals surface area contributed by atoms with Gasteiger partial charge in [0.1, 0.15) is 11.0 Å². The van der Waals surface area contributed by atoms with Gasteiger partial charge in [-0.05, 0) is 24.3 Å². The topological polar surface area (TPSA) is 71.5 Å². The molecule has 0 saturated carbocycles. The smallest absolute Gasteiger partial charge is 0.273 e. The van der Waals surface area contributed by atoms with Gasteiger partial charge in [-0.3, -0.25) is 9.78 Å². The second kappa shape index (κ2) is 5.22. The van der Waals surface area contributed by atoms with Crippen LogP contribution in [0.1, 0.15) is 0 Å². The average molecular weight is 285 g/mol. The minimum atomic E-state index is -0.321. The van der Waals surface area contributed by atoms with E-state index in [1.807, 2.05) is 0 Å².